The summed E-state index contributed by atoms with van der Waals surface area (Å²) < 4.78 is 58.5. The lowest BCUT2D eigenvalue weighted by molar-refractivity contribution is 0.584. The van der Waals surface area contributed by atoms with Crippen molar-refractivity contribution in [2.24, 2.45) is 0 Å². The molecule has 2 aromatic heterocycles. The first kappa shape index (κ1) is 20.8. The van der Waals surface area contributed by atoms with Crippen LogP contribution in [0.25, 0.3) is 16.7 Å². The van der Waals surface area contributed by atoms with Gasteiger partial charge in [-0.1, -0.05) is 15.9 Å². The number of imidazole rings is 1. The third-order valence-corrected chi connectivity index (χ3v) is 7.66. The van der Waals surface area contributed by atoms with Gasteiger partial charge in [0.1, 0.15) is 17.2 Å². The zero-order valence-electron chi connectivity index (χ0n) is 16.3. The van der Waals surface area contributed by atoms with Crippen LogP contribution in [-0.4, -0.2) is 21.5 Å². The van der Waals surface area contributed by atoms with Gasteiger partial charge in [0.25, 0.3) is 15.6 Å². The standard InChI is InChI=1S/C21H14BrF2N3O4S/c22-12-3-8-16(15(24)10-12)26-18-11-19(28)25-9-1-2-17(25)20(18)27(21(26)29)32(30,31)14-6-4-13(23)5-7-14/h3-8,10-11H,1-2,9H2. The topological polar surface area (TPSA) is 83.1 Å². The van der Waals surface area contributed by atoms with Crippen LogP contribution in [0, 0.1) is 11.6 Å². The van der Waals surface area contributed by atoms with Gasteiger partial charge in [-0.15, -0.1) is 0 Å². The van der Waals surface area contributed by atoms with E-state index in [0.717, 1.165) is 41.0 Å². The Morgan fingerprint density at radius 3 is 2.38 bits per heavy atom. The molecule has 2 aromatic carbocycles. The zero-order valence-corrected chi connectivity index (χ0v) is 18.7. The van der Waals surface area contributed by atoms with Gasteiger partial charge in [0, 0.05) is 22.8 Å². The molecule has 5 rings (SSSR count). The minimum absolute atomic E-state index is 0.0127. The smallest absolute Gasteiger partial charge is 0.310 e. The molecule has 11 heteroatoms. The molecular weight excluding hydrogens is 508 g/mol. The number of fused-ring (bicyclic) bond motifs is 3. The predicted octanol–water partition coefficient (Wildman–Crippen LogP) is 3.18. The number of aromatic nitrogens is 3. The summed E-state index contributed by atoms with van der Waals surface area (Å²) in [5.41, 5.74) is -1.28. The van der Waals surface area contributed by atoms with Gasteiger partial charge in [0.15, 0.2) is 0 Å². The summed E-state index contributed by atoms with van der Waals surface area (Å²) in [6, 6.07) is 9.15. The summed E-state index contributed by atoms with van der Waals surface area (Å²) in [5.74, 6) is -1.41. The van der Waals surface area contributed by atoms with Crippen molar-refractivity contribution in [1.82, 2.24) is 13.1 Å². The SMILES string of the molecule is O=c1cc2c(c3n1CCC3)n(S(=O)(=O)c1ccc(F)cc1)c(=O)n2-c1ccc(Br)cc1F. The van der Waals surface area contributed by atoms with E-state index in [4.69, 9.17) is 0 Å². The molecular formula is C21H14BrF2N3O4S. The maximum atomic E-state index is 14.8. The molecule has 164 valence electrons. The van der Waals surface area contributed by atoms with Crippen LogP contribution in [0.5, 0.6) is 0 Å². The van der Waals surface area contributed by atoms with E-state index < -0.39 is 32.9 Å². The molecule has 0 saturated carbocycles. The summed E-state index contributed by atoms with van der Waals surface area (Å²) >= 11 is 3.15. The number of hydrogen-bond acceptors (Lipinski definition) is 4. The molecule has 7 nitrogen and oxygen atoms in total. The predicted molar refractivity (Wildman–Crippen MR) is 117 cm³/mol. The molecule has 0 unspecified atom stereocenters. The van der Waals surface area contributed by atoms with Gasteiger partial charge < -0.3 is 4.57 Å². The van der Waals surface area contributed by atoms with Crippen LogP contribution in [0.3, 0.4) is 0 Å². The highest BCUT2D eigenvalue weighted by Crippen LogP contribution is 2.28. The van der Waals surface area contributed by atoms with Crippen LogP contribution in [0.15, 0.2) is 67.5 Å². The third-order valence-electron chi connectivity index (χ3n) is 5.47. The lowest BCUT2D eigenvalue weighted by Crippen LogP contribution is -2.29. The first-order valence-corrected chi connectivity index (χ1v) is 11.8. The minimum Gasteiger partial charge on any atom is -0.310 e. The maximum absolute atomic E-state index is 14.8. The number of rotatable bonds is 3. The highest BCUT2D eigenvalue weighted by Gasteiger charge is 2.31. The van der Waals surface area contributed by atoms with Gasteiger partial charge in [-0.05, 0) is 55.3 Å². The molecule has 1 aliphatic rings. The normalized spacial score (nSPS) is 13.6. The van der Waals surface area contributed by atoms with Crippen molar-refractivity contribution >= 4 is 37.0 Å². The highest BCUT2D eigenvalue weighted by molar-refractivity contribution is 9.10. The summed E-state index contributed by atoms with van der Waals surface area (Å²) in [6.45, 7) is 0.382. The third kappa shape index (κ3) is 2.99. The van der Waals surface area contributed by atoms with Gasteiger partial charge in [0.05, 0.1) is 16.1 Å². The molecule has 0 aliphatic carbocycles. The Kier molecular flexibility index (Phi) is 4.71. The molecule has 0 spiro atoms. The molecule has 1 aliphatic heterocycles. The molecule has 0 N–H and O–H groups in total. The molecule has 0 saturated heterocycles. The van der Waals surface area contributed by atoms with E-state index >= 15 is 0 Å². The summed E-state index contributed by atoms with van der Waals surface area (Å²) in [5, 5.41) is 0. The Morgan fingerprint density at radius 2 is 1.69 bits per heavy atom. The maximum Gasteiger partial charge on any atom is 0.348 e. The van der Waals surface area contributed by atoms with E-state index in [0.29, 0.717) is 33.5 Å². The van der Waals surface area contributed by atoms with E-state index in [1.165, 1.54) is 16.7 Å². The van der Waals surface area contributed by atoms with E-state index in [1.54, 1.807) is 0 Å². The van der Waals surface area contributed by atoms with Crippen molar-refractivity contribution in [2.75, 3.05) is 0 Å². The molecule has 0 radical (unpaired) electrons. The quantitative estimate of drug-likeness (QED) is 0.414. The van der Waals surface area contributed by atoms with Crippen molar-refractivity contribution < 1.29 is 17.2 Å². The van der Waals surface area contributed by atoms with Crippen LogP contribution in [0.4, 0.5) is 8.78 Å². The molecule has 0 fully saturated rings. The Bertz CT molecular complexity index is 1640. The first-order chi connectivity index (χ1) is 15.2. The van der Waals surface area contributed by atoms with Crippen molar-refractivity contribution in [3.63, 3.8) is 0 Å². The van der Waals surface area contributed by atoms with Crippen molar-refractivity contribution in [2.45, 2.75) is 24.3 Å². The van der Waals surface area contributed by atoms with Gasteiger partial charge in [-0.2, -0.15) is 3.97 Å². The lowest BCUT2D eigenvalue weighted by Gasteiger charge is -2.09. The van der Waals surface area contributed by atoms with Crippen LogP contribution in [-0.2, 0) is 23.0 Å². The van der Waals surface area contributed by atoms with E-state index in [-0.39, 0.29) is 21.6 Å². The molecule has 0 atom stereocenters. The van der Waals surface area contributed by atoms with Gasteiger partial charge >= 0.3 is 5.69 Å². The highest BCUT2D eigenvalue weighted by atomic mass is 79.9. The average Bonchev–Trinajstić information content (AvgIpc) is 3.32. The van der Waals surface area contributed by atoms with Crippen molar-refractivity contribution in [3.05, 3.63) is 91.2 Å². The van der Waals surface area contributed by atoms with Crippen molar-refractivity contribution in [1.29, 1.82) is 0 Å². The molecule has 0 bridgehead atoms. The second kappa shape index (κ2) is 7.24. The fourth-order valence-corrected chi connectivity index (χ4v) is 5.84. The molecule has 32 heavy (non-hydrogen) atoms. The Hall–Kier alpha value is -3.05. The van der Waals surface area contributed by atoms with Gasteiger partial charge in [-0.3, -0.25) is 9.36 Å². The van der Waals surface area contributed by atoms with Gasteiger partial charge in [0.2, 0.25) is 0 Å². The minimum atomic E-state index is -4.49. The average molecular weight is 522 g/mol. The Morgan fingerprint density at radius 1 is 0.969 bits per heavy atom. The number of nitrogens with zero attached hydrogens (tertiary/aromatic N) is 3. The Labute approximate surface area is 188 Å². The number of benzene rings is 2. The number of halogens is 3. The molecule has 3 heterocycles. The number of hydrogen-bond donors (Lipinski definition) is 0. The van der Waals surface area contributed by atoms with Crippen molar-refractivity contribution in [3.8, 4) is 5.69 Å². The fourth-order valence-electron chi connectivity index (χ4n) is 4.09. The molecule has 4 aromatic rings. The van der Waals surface area contributed by atoms with E-state index in [1.807, 2.05) is 0 Å². The summed E-state index contributed by atoms with van der Waals surface area (Å²) in [4.78, 5) is 25.9. The number of aryl methyl sites for hydroxylation is 1. The molecule has 0 amide bonds. The monoisotopic (exact) mass is 521 g/mol. The lowest BCUT2D eigenvalue weighted by atomic mass is 10.2. The first-order valence-electron chi connectivity index (χ1n) is 9.57. The second-order valence-electron chi connectivity index (χ2n) is 7.36. The Balaban J connectivity index is 1.95. The van der Waals surface area contributed by atoms with E-state index in [9.17, 15) is 26.8 Å². The largest absolute Gasteiger partial charge is 0.348 e. The van der Waals surface area contributed by atoms with Crippen LogP contribution in [0.2, 0.25) is 0 Å². The number of pyridine rings is 1. The van der Waals surface area contributed by atoms with E-state index in [2.05, 4.69) is 15.9 Å². The second-order valence-corrected chi connectivity index (χ2v) is 10.1. The fraction of sp³-hybridized carbons (Fsp3) is 0.143. The zero-order chi connectivity index (χ0) is 22.8. The summed E-state index contributed by atoms with van der Waals surface area (Å²) in [6.07, 6.45) is 0.967. The van der Waals surface area contributed by atoms with Crippen LogP contribution >= 0.6 is 15.9 Å². The van der Waals surface area contributed by atoms with Crippen LogP contribution in [0.1, 0.15) is 12.1 Å². The van der Waals surface area contributed by atoms with Crippen LogP contribution < -0.4 is 11.2 Å². The van der Waals surface area contributed by atoms with Gasteiger partial charge in [-0.25, -0.2) is 22.0 Å². The summed E-state index contributed by atoms with van der Waals surface area (Å²) in [7, 11) is -4.49.